The fourth-order valence-electron chi connectivity index (χ4n) is 3.05. The third-order valence-corrected chi connectivity index (χ3v) is 4.11. The summed E-state index contributed by atoms with van der Waals surface area (Å²) in [5.74, 6) is 6.30. The zero-order valence-corrected chi connectivity index (χ0v) is 10.7. The van der Waals surface area contributed by atoms with Crippen LogP contribution in [-0.2, 0) is 0 Å². The molecule has 0 radical (unpaired) electrons. The first-order chi connectivity index (χ1) is 8.15. The van der Waals surface area contributed by atoms with E-state index in [9.17, 15) is 0 Å². The van der Waals surface area contributed by atoms with Gasteiger partial charge in [-0.1, -0.05) is 26.7 Å². The molecule has 4 nitrogen and oxygen atoms in total. The number of rotatable bonds is 3. The second kappa shape index (κ2) is 5.10. The molecule has 17 heavy (non-hydrogen) atoms. The second-order valence-corrected chi connectivity index (χ2v) is 5.66. The molecule has 1 aliphatic carbocycles. The van der Waals surface area contributed by atoms with Gasteiger partial charge in [0.1, 0.15) is 6.33 Å². The van der Waals surface area contributed by atoms with Gasteiger partial charge in [0, 0.05) is 18.0 Å². The summed E-state index contributed by atoms with van der Waals surface area (Å²) in [7, 11) is 0. The first-order valence-corrected chi connectivity index (χ1v) is 6.36. The lowest BCUT2D eigenvalue weighted by Gasteiger charge is -2.43. The molecule has 0 aromatic carbocycles. The Balaban J connectivity index is 2.23. The van der Waals surface area contributed by atoms with Crippen molar-refractivity contribution in [3.05, 3.63) is 24.3 Å². The van der Waals surface area contributed by atoms with E-state index in [1.165, 1.54) is 25.7 Å². The Hall–Kier alpha value is -1.00. The Morgan fingerprint density at radius 3 is 2.65 bits per heavy atom. The van der Waals surface area contributed by atoms with E-state index in [1.54, 1.807) is 6.33 Å². The maximum atomic E-state index is 5.75. The third kappa shape index (κ3) is 2.64. The van der Waals surface area contributed by atoms with Crippen molar-refractivity contribution < 1.29 is 0 Å². The average molecular weight is 234 g/mol. The Morgan fingerprint density at radius 2 is 2.06 bits per heavy atom. The van der Waals surface area contributed by atoms with Gasteiger partial charge in [0.2, 0.25) is 0 Å². The lowest BCUT2D eigenvalue weighted by molar-refractivity contribution is 0.0980. The number of nitrogens with one attached hydrogen (secondary N) is 1. The Morgan fingerprint density at radius 1 is 1.35 bits per heavy atom. The van der Waals surface area contributed by atoms with Crippen molar-refractivity contribution in [2.24, 2.45) is 17.2 Å². The molecule has 4 heteroatoms. The van der Waals surface area contributed by atoms with Crippen LogP contribution < -0.4 is 11.3 Å². The van der Waals surface area contributed by atoms with E-state index in [1.807, 2.05) is 12.4 Å². The smallest absolute Gasteiger partial charge is 0.115 e. The van der Waals surface area contributed by atoms with Gasteiger partial charge in [0.05, 0.1) is 6.04 Å². The van der Waals surface area contributed by atoms with E-state index in [0.717, 1.165) is 5.56 Å². The number of hydrazine groups is 1. The van der Waals surface area contributed by atoms with Crippen LogP contribution in [0, 0.1) is 11.3 Å². The summed E-state index contributed by atoms with van der Waals surface area (Å²) < 4.78 is 0. The van der Waals surface area contributed by atoms with Crippen LogP contribution in [0.3, 0.4) is 0 Å². The molecule has 0 saturated heterocycles. The number of hydrogen-bond donors (Lipinski definition) is 2. The first kappa shape index (κ1) is 12.5. The minimum atomic E-state index is 0.159. The summed E-state index contributed by atoms with van der Waals surface area (Å²) in [6, 6.07) is 0.159. The zero-order valence-electron chi connectivity index (χ0n) is 10.7. The molecule has 1 aliphatic rings. The monoisotopic (exact) mass is 234 g/mol. The summed E-state index contributed by atoms with van der Waals surface area (Å²) in [6.07, 6.45) is 10.4. The molecule has 3 N–H and O–H groups in total. The quantitative estimate of drug-likeness (QED) is 0.621. The summed E-state index contributed by atoms with van der Waals surface area (Å²) >= 11 is 0. The highest BCUT2D eigenvalue weighted by Gasteiger charge is 2.37. The van der Waals surface area contributed by atoms with Crippen molar-refractivity contribution in [1.82, 2.24) is 15.4 Å². The van der Waals surface area contributed by atoms with Crippen LogP contribution in [0.1, 0.15) is 51.1 Å². The Labute approximate surface area is 103 Å². The summed E-state index contributed by atoms with van der Waals surface area (Å²) in [4.78, 5) is 8.18. The highest BCUT2D eigenvalue weighted by atomic mass is 15.2. The van der Waals surface area contributed by atoms with Gasteiger partial charge >= 0.3 is 0 Å². The molecule has 0 bridgehead atoms. The Kier molecular flexibility index (Phi) is 3.74. The standard InChI is InChI=1S/C13H22N4/c1-13(2)6-4-3-5-11(13)12(17-14)10-7-15-9-16-8-10/h7-9,11-12,17H,3-6,14H2,1-2H3. The van der Waals surface area contributed by atoms with Crippen LogP contribution in [0.15, 0.2) is 18.7 Å². The first-order valence-electron chi connectivity index (χ1n) is 6.36. The number of nitrogens with two attached hydrogens (primary N) is 1. The highest BCUT2D eigenvalue weighted by Crippen LogP contribution is 2.46. The van der Waals surface area contributed by atoms with Gasteiger partial charge in [0.25, 0.3) is 0 Å². The van der Waals surface area contributed by atoms with Gasteiger partial charge < -0.3 is 0 Å². The summed E-state index contributed by atoms with van der Waals surface area (Å²) in [5, 5.41) is 0. The lowest BCUT2D eigenvalue weighted by atomic mass is 9.65. The van der Waals surface area contributed by atoms with Gasteiger partial charge in [-0.3, -0.25) is 11.3 Å². The van der Waals surface area contributed by atoms with E-state index >= 15 is 0 Å². The predicted molar refractivity (Wildman–Crippen MR) is 67.8 cm³/mol. The van der Waals surface area contributed by atoms with Gasteiger partial charge in [-0.25, -0.2) is 9.97 Å². The molecule has 2 rings (SSSR count). The van der Waals surface area contributed by atoms with Crippen molar-refractivity contribution in [2.75, 3.05) is 0 Å². The normalized spacial score (nSPS) is 25.5. The maximum absolute atomic E-state index is 5.75. The fourth-order valence-corrected chi connectivity index (χ4v) is 3.05. The van der Waals surface area contributed by atoms with Crippen LogP contribution in [0.25, 0.3) is 0 Å². The molecule has 1 fully saturated rings. The third-order valence-electron chi connectivity index (χ3n) is 4.11. The SMILES string of the molecule is CC1(C)CCCCC1C(NN)c1cncnc1. The maximum Gasteiger partial charge on any atom is 0.115 e. The van der Waals surface area contributed by atoms with Gasteiger partial charge in [-0.2, -0.15) is 0 Å². The lowest BCUT2D eigenvalue weighted by Crippen LogP contribution is -2.41. The van der Waals surface area contributed by atoms with Crippen LogP contribution in [0.2, 0.25) is 0 Å². The summed E-state index contributed by atoms with van der Waals surface area (Å²) in [5.41, 5.74) is 4.38. The predicted octanol–water partition coefficient (Wildman–Crippen LogP) is 2.20. The number of aromatic nitrogens is 2. The van der Waals surface area contributed by atoms with Crippen LogP contribution in [-0.4, -0.2) is 9.97 Å². The highest BCUT2D eigenvalue weighted by molar-refractivity contribution is 5.12. The summed E-state index contributed by atoms with van der Waals surface area (Å²) in [6.45, 7) is 4.68. The van der Waals surface area contributed by atoms with E-state index < -0.39 is 0 Å². The molecule has 2 unspecified atom stereocenters. The molecular formula is C13H22N4. The fraction of sp³-hybridized carbons (Fsp3) is 0.692. The largest absolute Gasteiger partial charge is 0.271 e. The van der Waals surface area contributed by atoms with Gasteiger partial charge in [-0.05, 0) is 24.2 Å². The second-order valence-electron chi connectivity index (χ2n) is 5.66. The molecule has 1 aromatic rings. The van der Waals surface area contributed by atoms with Gasteiger partial charge in [-0.15, -0.1) is 0 Å². The number of nitrogens with zero attached hydrogens (tertiary/aromatic N) is 2. The van der Waals surface area contributed by atoms with Crippen molar-refractivity contribution in [1.29, 1.82) is 0 Å². The number of hydrogen-bond acceptors (Lipinski definition) is 4. The molecule has 94 valence electrons. The Bertz CT molecular complexity index is 350. The molecule has 0 spiro atoms. The van der Waals surface area contributed by atoms with Crippen molar-refractivity contribution in [3.8, 4) is 0 Å². The van der Waals surface area contributed by atoms with E-state index in [-0.39, 0.29) is 6.04 Å². The van der Waals surface area contributed by atoms with Crippen molar-refractivity contribution in [3.63, 3.8) is 0 Å². The van der Waals surface area contributed by atoms with Crippen molar-refractivity contribution >= 4 is 0 Å². The van der Waals surface area contributed by atoms with E-state index in [4.69, 9.17) is 5.84 Å². The van der Waals surface area contributed by atoms with Crippen molar-refractivity contribution in [2.45, 2.75) is 45.6 Å². The van der Waals surface area contributed by atoms with Crippen LogP contribution >= 0.6 is 0 Å². The minimum absolute atomic E-state index is 0.159. The molecule has 1 heterocycles. The zero-order chi connectivity index (χ0) is 12.3. The molecule has 2 atom stereocenters. The molecule has 1 aromatic heterocycles. The molecular weight excluding hydrogens is 212 g/mol. The van der Waals surface area contributed by atoms with Gasteiger partial charge in [0.15, 0.2) is 0 Å². The van der Waals surface area contributed by atoms with Crippen LogP contribution in [0.4, 0.5) is 0 Å². The topological polar surface area (TPSA) is 63.8 Å². The molecule has 0 aliphatic heterocycles. The van der Waals surface area contributed by atoms with Crippen LogP contribution in [0.5, 0.6) is 0 Å². The minimum Gasteiger partial charge on any atom is -0.271 e. The molecule has 1 saturated carbocycles. The van der Waals surface area contributed by atoms with E-state index in [0.29, 0.717) is 11.3 Å². The van der Waals surface area contributed by atoms with E-state index in [2.05, 4.69) is 29.2 Å². The molecule has 0 amide bonds. The average Bonchev–Trinajstić information content (AvgIpc) is 2.33.